The average Bonchev–Trinajstić information content (AvgIpc) is 2.18. The molecule has 1 saturated heterocycles. The van der Waals surface area contributed by atoms with Gasteiger partial charge in [-0.2, -0.15) is 0 Å². The summed E-state index contributed by atoms with van der Waals surface area (Å²) in [5, 5.41) is 9.15. The molecule has 1 fully saturated rings. The number of hydrogen-bond acceptors (Lipinski definition) is 4. The second-order valence-corrected chi connectivity index (χ2v) is 3.10. The van der Waals surface area contributed by atoms with E-state index in [0.29, 0.717) is 13.0 Å². The second kappa shape index (κ2) is 3.56. The van der Waals surface area contributed by atoms with Gasteiger partial charge in [0.15, 0.2) is 0 Å². The average molecular weight is 208 g/mol. The molecule has 15 heavy (non-hydrogen) atoms. The summed E-state index contributed by atoms with van der Waals surface area (Å²) < 4.78 is 0. The lowest BCUT2D eigenvalue weighted by Gasteiger charge is -2.30. The highest BCUT2D eigenvalue weighted by atomic mass is 17.0. The van der Waals surface area contributed by atoms with Crippen molar-refractivity contribution >= 4 is 11.6 Å². The molecular weight excluding hydrogens is 200 g/mol. The van der Waals surface area contributed by atoms with Crippen molar-refractivity contribution in [1.82, 2.24) is 0 Å². The van der Waals surface area contributed by atoms with Gasteiger partial charge in [0.05, 0.1) is 0 Å². The Kier molecular flexibility index (Phi) is 2.24. The smallest absolute Gasteiger partial charge is 0.299 e. The van der Waals surface area contributed by atoms with Gasteiger partial charge < -0.3 is 4.90 Å². The molecule has 1 heterocycles. The zero-order valence-electron chi connectivity index (χ0n) is 7.75. The molecule has 1 aliphatic heterocycles. The van der Waals surface area contributed by atoms with Crippen LogP contribution in [-0.4, -0.2) is 17.5 Å². The molecule has 1 aromatic carbocycles. The van der Waals surface area contributed by atoms with E-state index in [0.717, 1.165) is 5.69 Å². The van der Waals surface area contributed by atoms with Crippen LogP contribution < -0.4 is 9.74 Å². The lowest BCUT2D eigenvalue weighted by atomic mass is 10.1. The van der Waals surface area contributed by atoms with Crippen LogP contribution in [0.1, 0.15) is 6.42 Å². The fourth-order valence-electron chi connectivity index (χ4n) is 1.36. The third-order valence-electron chi connectivity index (χ3n) is 2.18. The molecule has 0 radical (unpaired) electrons. The van der Waals surface area contributed by atoms with Crippen molar-refractivity contribution in [2.45, 2.75) is 6.42 Å². The molecule has 78 valence electrons. The van der Waals surface area contributed by atoms with Gasteiger partial charge >= 0.3 is 0 Å². The highest BCUT2D eigenvalue weighted by molar-refractivity contribution is 5.99. The standard InChI is InChI=1S/C9H8N2O4/c12-9-5-6-10(9)7-1-3-8(4-2-7)15-11(13)14/h1-4H,5-6H2. The molecule has 6 nitrogen and oxygen atoms in total. The van der Waals surface area contributed by atoms with Crippen LogP contribution in [-0.2, 0) is 4.79 Å². The molecule has 0 atom stereocenters. The predicted octanol–water partition coefficient (Wildman–Crippen LogP) is 0.994. The summed E-state index contributed by atoms with van der Waals surface area (Å²) in [5.41, 5.74) is 0.738. The van der Waals surface area contributed by atoms with Crippen LogP contribution in [0.25, 0.3) is 0 Å². The molecular formula is C9H8N2O4. The fourth-order valence-corrected chi connectivity index (χ4v) is 1.36. The lowest BCUT2D eigenvalue weighted by Crippen LogP contribution is -2.43. The van der Waals surface area contributed by atoms with Crippen molar-refractivity contribution in [1.29, 1.82) is 0 Å². The van der Waals surface area contributed by atoms with E-state index in [2.05, 4.69) is 4.84 Å². The van der Waals surface area contributed by atoms with E-state index < -0.39 is 5.09 Å². The van der Waals surface area contributed by atoms with E-state index in [9.17, 15) is 14.9 Å². The Bertz CT molecular complexity index is 401. The van der Waals surface area contributed by atoms with Crippen molar-refractivity contribution in [3.8, 4) is 5.75 Å². The fraction of sp³-hybridized carbons (Fsp3) is 0.222. The third kappa shape index (κ3) is 1.88. The van der Waals surface area contributed by atoms with Crippen LogP contribution in [0.5, 0.6) is 5.75 Å². The summed E-state index contributed by atoms with van der Waals surface area (Å²) in [6.07, 6.45) is 0.563. The molecule has 0 bridgehead atoms. The summed E-state index contributed by atoms with van der Waals surface area (Å²) in [6.45, 7) is 0.703. The van der Waals surface area contributed by atoms with E-state index in [1.165, 1.54) is 12.1 Å². The number of β-lactam (4-membered cyclic amide) rings is 1. The lowest BCUT2D eigenvalue weighted by molar-refractivity contribution is -0.711. The molecule has 6 heteroatoms. The Morgan fingerprint density at radius 3 is 2.40 bits per heavy atom. The summed E-state index contributed by atoms with van der Waals surface area (Å²) >= 11 is 0. The molecule has 0 saturated carbocycles. The second-order valence-electron chi connectivity index (χ2n) is 3.10. The number of amides is 1. The highest BCUT2D eigenvalue weighted by Crippen LogP contribution is 2.24. The molecule has 1 aromatic rings. The molecule has 0 aliphatic carbocycles. The van der Waals surface area contributed by atoms with Gasteiger partial charge in [0.1, 0.15) is 5.75 Å². The van der Waals surface area contributed by atoms with Gasteiger partial charge in [0.2, 0.25) is 5.91 Å². The van der Waals surface area contributed by atoms with Crippen LogP contribution in [0.4, 0.5) is 5.69 Å². The summed E-state index contributed by atoms with van der Waals surface area (Å²) in [7, 11) is 0. The van der Waals surface area contributed by atoms with Gasteiger partial charge in [0.25, 0.3) is 5.09 Å². The van der Waals surface area contributed by atoms with Gasteiger partial charge in [-0.25, -0.2) is 0 Å². The van der Waals surface area contributed by atoms with Gasteiger partial charge in [-0.15, -0.1) is 10.1 Å². The minimum atomic E-state index is -0.871. The first kappa shape index (κ1) is 9.45. The first-order valence-corrected chi connectivity index (χ1v) is 4.39. The zero-order chi connectivity index (χ0) is 10.8. The number of rotatable bonds is 3. The monoisotopic (exact) mass is 208 g/mol. The molecule has 1 aliphatic rings. The van der Waals surface area contributed by atoms with Crippen LogP contribution in [0.3, 0.4) is 0 Å². The maximum atomic E-state index is 11.1. The van der Waals surface area contributed by atoms with Gasteiger partial charge in [-0.1, -0.05) is 0 Å². The van der Waals surface area contributed by atoms with Gasteiger partial charge in [0, 0.05) is 18.7 Å². The third-order valence-corrected chi connectivity index (χ3v) is 2.18. The van der Waals surface area contributed by atoms with Crippen LogP contribution >= 0.6 is 0 Å². The van der Waals surface area contributed by atoms with Gasteiger partial charge in [-0.3, -0.25) is 9.63 Å². The number of hydrogen-bond donors (Lipinski definition) is 0. The minimum Gasteiger partial charge on any atom is -0.312 e. The van der Waals surface area contributed by atoms with Gasteiger partial charge in [-0.05, 0) is 24.3 Å². The number of carbonyl (C=O) groups excluding carboxylic acids is 1. The first-order valence-electron chi connectivity index (χ1n) is 4.39. The zero-order valence-corrected chi connectivity index (χ0v) is 7.75. The molecule has 1 amide bonds. The summed E-state index contributed by atoms with van der Waals surface area (Å²) in [6, 6.07) is 6.17. The first-order chi connectivity index (χ1) is 7.16. The Morgan fingerprint density at radius 2 is 2.00 bits per heavy atom. The Balaban J connectivity index is 2.10. The number of nitrogens with zero attached hydrogens (tertiary/aromatic N) is 2. The SMILES string of the molecule is O=C1CCN1c1ccc(O[N+](=O)[O-])cc1. The number of anilines is 1. The molecule has 0 N–H and O–H groups in total. The van der Waals surface area contributed by atoms with Crippen molar-refractivity contribution in [3.63, 3.8) is 0 Å². The molecule has 2 rings (SSSR count). The van der Waals surface area contributed by atoms with Crippen LogP contribution in [0, 0.1) is 10.1 Å². The molecule has 0 aromatic heterocycles. The van der Waals surface area contributed by atoms with E-state index in [1.54, 1.807) is 17.0 Å². The normalized spacial score (nSPS) is 14.7. The van der Waals surface area contributed by atoms with Crippen molar-refractivity contribution in [2.75, 3.05) is 11.4 Å². The Hall–Kier alpha value is -2.11. The number of carbonyl (C=O) groups is 1. The van der Waals surface area contributed by atoms with Crippen molar-refractivity contribution in [2.24, 2.45) is 0 Å². The maximum absolute atomic E-state index is 11.1. The topological polar surface area (TPSA) is 72.7 Å². The van der Waals surface area contributed by atoms with E-state index >= 15 is 0 Å². The summed E-state index contributed by atoms with van der Waals surface area (Å²) in [4.78, 5) is 27.0. The Morgan fingerprint density at radius 1 is 1.33 bits per heavy atom. The maximum Gasteiger partial charge on any atom is 0.299 e. The van der Waals surface area contributed by atoms with Crippen LogP contribution in [0.15, 0.2) is 24.3 Å². The van der Waals surface area contributed by atoms with Crippen molar-refractivity contribution < 1.29 is 14.7 Å². The Labute approximate surface area is 85.2 Å². The molecule has 0 spiro atoms. The van der Waals surface area contributed by atoms with E-state index in [-0.39, 0.29) is 11.7 Å². The largest absolute Gasteiger partial charge is 0.312 e. The number of benzene rings is 1. The predicted molar refractivity (Wildman–Crippen MR) is 51.0 cm³/mol. The van der Waals surface area contributed by atoms with Crippen molar-refractivity contribution in [3.05, 3.63) is 34.4 Å². The summed E-state index contributed by atoms with van der Waals surface area (Å²) in [5.74, 6) is 0.217. The highest BCUT2D eigenvalue weighted by Gasteiger charge is 2.24. The van der Waals surface area contributed by atoms with E-state index in [1.807, 2.05) is 0 Å². The minimum absolute atomic E-state index is 0.0675. The quantitative estimate of drug-likeness (QED) is 0.422. The molecule has 0 unspecified atom stereocenters. The van der Waals surface area contributed by atoms with Crippen LogP contribution in [0.2, 0.25) is 0 Å². The van der Waals surface area contributed by atoms with E-state index in [4.69, 9.17) is 0 Å².